The Hall–Kier alpha value is -0.0800. The molecule has 2 aliphatic carbocycles. The van der Waals surface area contributed by atoms with Gasteiger partial charge in [-0.05, 0) is 39.0 Å². The van der Waals surface area contributed by atoms with Crippen molar-refractivity contribution in [2.75, 3.05) is 6.54 Å². The summed E-state index contributed by atoms with van der Waals surface area (Å²) in [6.07, 6.45) is 7.21. The van der Waals surface area contributed by atoms with Gasteiger partial charge in [0.1, 0.15) is 0 Å². The molecule has 3 rings (SSSR count). The molecule has 74 valence electrons. The maximum atomic E-state index is 3.74. The summed E-state index contributed by atoms with van der Waals surface area (Å²) in [7, 11) is 0. The standard InChI is InChI=1S/C11H20N2/c1-8-7-13(10-4-5-10)11-3-2-9(6-11)12-8/h8-12H,2-7H2,1H3. The largest absolute Gasteiger partial charge is 0.310 e. The molecule has 3 fully saturated rings. The van der Waals surface area contributed by atoms with Gasteiger partial charge >= 0.3 is 0 Å². The monoisotopic (exact) mass is 180 g/mol. The van der Waals surface area contributed by atoms with Gasteiger partial charge in [0.05, 0.1) is 0 Å². The van der Waals surface area contributed by atoms with E-state index in [4.69, 9.17) is 0 Å². The minimum absolute atomic E-state index is 0.718. The van der Waals surface area contributed by atoms with Crippen LogP contribution in [-0.4, -0.2) is 35.6 Å². The molecule has 0 radical (unpaired) electrons. The minimum atomic E-state index is 0.718. The number of nitrogens with one attached hydrogen (secondary N) is 1. The average Bonchev–Trinajstić information content (AvgIpc) is 2.82. The number of hydrogen-bond donors (Lipinski definition) is 1. The third kappa shape index (κ3) is 1.50. The third-order valence-corrected chi connectivity index (χ3v) is 3.89. The second-order valence-electron chi connectivity index (χ2n) is 5.16. The van der Waals surface area contributed by atoms with Crippen molar-refractivity contribution < 1.29 is 0 Å². The average molecular weight is 180 g/mol. The van der Waals surface area contributed by atoms with Crippen molar-refractivity contribution in [3.63, 3.8) is 0 Å². The van der Waals surface area contributed by atoms with Crippen LogP contribution in [0.1, 0.15) is 39.0 Å². The summed E-state index contributed by atoms with van der Waals surface area (Å²) in [5.74, 6) is 0. The molecule has 3 aliphatic rings. The lowest BCUT2D eigenvalue weighted by atomic mass is 10.2. The van der Waals surface area contributed by atoms with Gasteiger partial charge < -0.3 is 5.32 Å². The molecule has 1 heterocycles. The lowest BCUT2D eigenvalue weighted by Gasteiger charge is -2.29. The summed E-state index contributed by atoms with van der Waals surface area (Å²) in [6.45, 7) is 3.64. The second kappa shape index (κ2) is 2.96. The molecule has 1 N–H and O–H groups in total. The Morgan fingerprint density at radius 1 is 1.08 bits per heavy atom. The number of hydrogen-bond acceptors (Lipinski definition) is 2. The van der Waals surface area contributed by atoms with Crippen LogP contribution in [0.25, 0.3) is 0 Å². The van der Waals surface area contributed by atoms with E-state index in [1.54, 1.807) is 0 Å². The Labute approximate surface area is 80.7 Å². The van der Waals surface area contributed by atoms with Crippen LogP contribution in [0, 0.1) is 0 Å². The predicted molar refractivity (Wildman–Crippen MR) is 53.8 cm³/mol. The Kier molecular flexibility index (Phi) is 1.88. The summed E-state index contributed by atoms with van der Waals surface area (Å²) in [4.78, 5) is 2.80. The van der Waals surface area contributed by atoms with E-state index in [1.807, 2.05) is 0 Å². The summed E-state index contributed by atoms with van der Waals surface area (Å²) in [5, 5.41) is 3.74. The number of fused-ring (bicyclic) bond motifs is 2. The highest BCUT2D eigenvalue weighted by Gasteiger charge is 2.40. The lowest BCUT2D eigenvalue weighted by molar-refractivity contribution is 0.183. The summed E-state index contributed by atoms with van der Waals surface area (Å²) in [6, 6.07) is 3.45. The van der Waals surface area contributed by atoms with Crippen molar-refractivity contribution in [2.45, 2.75) is 63.2 Å². The molecule has 0 aromatic carbocycles. The van der Waals surface area contributed by atoms with Crippen LogP contribution in [0.2, 0.25) is 0 Å². The van der Waals surface area contributed by atoms with E-state index < -0.39 is 0 Å². The molecule has 3 atom stereocenters. The fraction of sp³-hybridized carbons (Fsp3) is 1.00. The van der Waals surface area contributed by atoms with Crippen LogP contribution in [0.15, 0.2) is 0 Å². The van der Waals surface area contributed by atoms with E-state index in [-0.39, 0.29) is 0 Å². The van der Waals surface area contributed by atoms with Gasteiger partial charge in [-0.15, -0.1) is 0 Å². The summed E-state index contributed by atoms with van der Waals surface area (Å²) >= 11 is 0. The fourth-order valence-corrected chi connectivity index (χ4v) is 3.18. The molecule has 0 spiro atoms. The first-order valence-corrected chi connectivity index (χ1v) is 5.85. The zero-order chi connectivity index (χ0) is 8.84. The molecule has 3 unspecified atom stereocenters. The van der Waals surface area contributed by atoms with Gasteiger partial charge in [-0.25, -0.2) is 0 Å². The van der Waals surface area contributed by atoms with Crippen molar-refractivity contribution in [2.24, 2.45) is 0 Å². The van der Waals surface area contributed by atoms with Gasteiger partial charge in [-0.1, -0.05) is 0 Å². The van der Waals surface area contributed by atoms with Crippen LogP contribution in [0.5, 0.6) is 0 Å². The van der Waals surface area contributed by atoms with E-state index >= 15 is 0 Å². The first-order chi connectivity index (χ1) is 6.33. The van der Waals surface area contributed by atoms with Gasteiger partial charge in [-0.3, -0.25) is 4.90 Å². The van der Waals surface area contributed by atoms with Crippen LogP contribution < -0.4 is 5.32 Å². The van der Waals surface area contributed by atoms with Gasteiger partial charge in [0.2, 0.25) is 0 Å². The molecule has 0 aromatic heterocycles. The van der Waals surface area contributed by atoms with Crippen molar-refractivity contribution >= 4 is 0 Å². The van der Waals surface area contributed by atoms with Gasteiger partial charge in [0, 0.05) is 30.7 Å². The maximum Gasteiger partial charge on any atom is 0.0169 e. The van der Waals surface area contributed by atoms with Crippen LogP contribution >= 0.6 is 0 Å². The van der Waals surface area contributed by atoms with Crippen molar-refractivity contribution in [1.82, 2.24) is 10.2 Å². The molecule has 2 nitrogen and oxygen atoms in total. The molecule has 1 aliphatic heterocycles. The summed E-state index contributed by atoms with van der Waals surface area (Å²) < 4.78 is 0. The van der Waals surface area contributed by atoms with Crippen LogP contribution in [-0.2, 0) is 0 Å². The van der Waals surface area contributed by atoms with Gasteiger partial charge in [0.25, 0.3) is 0 Å². The third-order valence-electron chi connectivity index (χ3n) is 3.89. The first kappa shape index (κ1) is 8.25. The maximum absolute atomic E-state index is 3.74. The first-order valence-electron chi connectivity index (χ1n) is 5.85. The van der Waals surface area contributed by atoms with Crippen molar-refractivity contribution in [3.8, 4) is 0 Å². The van der Waals surface area contributed by atoms with Crippen LogP contribution in [0.4, 0.5) is 0 Å². The number of rotatable bonds is 1. The highest BCUT2D eigenvalue weighted by Crippen LogP contribution is 2.36. The fourth-order valence-electron chi connectivity index (χ4n) is 3.18. The second-order valence-corrected chi connectivity index (χ2v) is 5.16. The zero-order valence-corrected chi connectivity index (χ0v) is 8.50. The van der Waals surface area contributed by atoms with Crippen molar-refractivity contribution in [3.05, 3.63) is 0 Å². The summed E-state index contributed by atoms with van der Waals surface area (Å²) in [5.41, 5.74) is 0. The van der Waals surface area contributed by atoms with E-state index in [0.717, 1.165) is 24.2 Å². The zero-order valence-electron chi connectivity index (χ0n) is 8.50. The molecular weight excluding hydrogens is 160 g/mol. The molecule has 0 aromatic rings. The number of nitrogens with zero attached hydrogens (tertiary/aromatic N) is 1. The quantitative estimate of drug-likeness (QED) is 0.655. The smallest absolute Gasteiger partial charge is 0.0169 e. The molecule has 0 amide bonds. The molecule has 1 saturated heterocycles. The molecule has 2 bridgehead atoms. The van der Waals surface area contributed by atoms with E-state index in [1.165, 1.54) is 38.6 Å². The Balaban J connectivity index is 1.76. The SMILES string of the molecule is CC1CN(C2CC2)C2CCC(C2)N1. The Morgan fingerprint density at radius 2 is 1.85 bits per heavy atom. The lowest BCUT2D eigenvalue weighted by Crippen LogP contribution is -2.43. The van der Waals surface area contributed by atoms with Crippen molar-refractivity contribution in [1.29, 1.82) is 0 Å². The molecule has 2 saturated carbocycles. The highest BCUT2D eigenvalue weighted by molar-refractivity contribution is 4.98. The minimum Gasteiger partial charge on any atom is -0.310 e. The van der Waals surface area contributed by atoms with E-state index in [9.17, 15) is 0 Å². The molecule has 2 heteroatoms. The highest BCUT2D eigenvalue weighted by atomic mass is 15.3. The Morgan fingerprint density at radius 3 is 2.62 bits per heavy atom. The van der Waals surface area contributed by atoms with E-state index in [0.29, 0.717) is 0 Å². The Bertz CT molecular complexity index is 200. The normalized spacial score (nSPS) is 46.4. The molecule has 13 heavy (non-hydrogen) atoms. The van der Waals surface area contributed by atoms with Crippen LogP contribution in [0.3, 0.4) is 0 Å². The van der Waals surface area contributed by atoms with Gasteiger partial charge in [-0.2, -0.15) is 0 Å². The van der Waals surface area contributed by atoms with Gasteiger partial charge in [0.15, 0.2) is 0 Å². The molecular formula is C11H20N2. The topological polar surface area (TPSA) is 15.3 Å². The van der Waals surface area contributed by atoms with E-state index in [2.05, 4.69) is 17.1 Å². The predicted octanol–water partition coefficient (Wildman–Crippen LogP) is 1.36.